The van der Waals surface area contributed by atoms with E-state index in [0.717, 1.165) is 5.56 Å². The van der Waals surface area contributed by atoms with Gasteiger partial charge in [0, 0.05) is 18.0 Å². The molecule has 0 saturated carbocycles. The van der Waals surface area contributed by atoms with Crippen molar-refractivity contribution in [2.24, 2.45) is 0 Å². The van der Waals surface area contributed by atoms with E-state index in [1.165, 1.54) is 16.9 Å². The maximum Gasteiger partial charge on any atom is 0.274 e. The molecule has 1 aromatic carbocycles. The van der Waals surface area contributed by atoms with Crippen molar-refractivity contribution < 1.29 is 0 Å². The highest BCUT2D eigenvalue weighted by Gasteiger charge is 2.07. The van der Waals surface area contributed by atoms with E-state index in [2.05, 4.69) is 25.5 Å². The summed E-state index contributed by atoms with van der Waals surface area (Å²) < 4.78 is 0. The minimum atomic E-state index is -0.246. The number of aromatic amines is 1. The van der Waals surface area contributed by atoms with E-state index >= 15 is 0 Å². The average Bonchev–Trinajstić information content (AvgIpc) is 2.97. The Morgan fingerprint density at radius 3 is 2.71 bits per heavy atom. The largest absolute Gasteiger partial charge is 0.300 e. The summed E-state index contributed by atoms with van der Waals surface area (Å²) >= 11 is 1.42. The van der Waals surface area contributed by atoms with Crippen LogP contribution in [0.1, 0.15) is 16.8 Å². The Morgan fingerprint density at radius 2 is 2.05 bits per heavy atom. The third-order valence-electron chi connectivity index (χ3n) is 2.91. The van der Waals surface area contributed by atoms with E-state index in [4.69, 9.17) is 0 Å². The molecule has 0 saturated heterocycles. The van der Waals surface area contributed by atoms with Gasteiger partial charge in [-0.25, -0.2) is 4.98 Å². The average molecular weight is 299 g/mol. The molecule has 0 aliphatic heterocycles. The number of hydrogen-bond acceptors (Lipinski definition) is 6. The lowest BCUT2D eigenvalue weighted by Gasteiger charge is -2.03. The third-order valence-corrected chi connectivity index (χ3v) is 3.60. The fourth-order valence-corrected chi connectivity index (χ4v) is 2.35. The third kappa shape index (κ3) is 3.32. The first kappa shape index (κ1) is 13.4. The number of aryl methyl sites for hydroxylation is 1. The molecule has 0 aliphatic rings. The molecule has 7 heteroatoms. The number of aromatic nitrogens is 4. The Morgan fingerprint density at radius 1 is 1.24 bits per heavy atom. The Bertz CT molecular complexity index is 780. The smallest absolute Gasteiger partial charge is 0.274 e. The van der Waals surface area contributed by atoms with Crippen LogP contribution >= 0.6 is 11.3 Å². The molecule has 0 amide bonds. The lowest BCUT2D eigenvalue weighted by molar-refractivity contribution is 0.873. The van der Waals surface area contributed by atoms with E-state index in [0.29, 0.717) is 23.2 Å². The van der Waals surface area contributed by atoms with Crippen LogP contribution in [0.4, 0.5) is 11.1 Å². The summed E-state index contributed by atoms with van der Waals surface area (Å²) in [5.41, 5.74) is 2.36. The van der Waals surface area contributed by atoms with Gasteiger partial charge in [-0.05, 0) is 12.5 Å². The zero-order chi connectivity index (χ0) is 14.7. The number of thiazole rings is 1. The lowest BCUT2D eigenvalue weighted by atomic mass is 10.1. The van der Waals surface area contributed by atoms with Crippen LogP contribution in [0.3, 0.4) is 0 Å². The standard InChI is InChI=1S/C14H13N5OS/c1-9-2-4-10(5-3-9)8-11-12(20)16-13(19-18-11)17-14-15-6-7-21-14/h2-7H,8H2,1H3,(H2,15,16,17,19,20). The first-order chi connectivity index (χ1) is 10.2. The van der Waals surface area contributed by atoms with E-state index in [1.54, 1.807) is 6.20 Å². The van der Waals surface area contributed by atoms with E-state index < -0.39 is 0 Å². The molecule has 0 unspecified atom stereocenters. The summed E-state index contributed by atoms with van der Waals surface area (Å²) in [5.74, 6) is 0.294. The Balaban J connectivity index is 1.78. The van der Waals surface area contributed by atoms with Crippen LogP contribution in [0.5, 0.6) is 0 Å². The van der Waals surface area contributed by atoms with E-state index in [-0.39, 0.29) is 5.56 Å². The van der Waals surface area contributed by atoms with E-state index in [9.17, 15) is 4.79 Å². The summed E-state index contributed by atoms with van der Waals surface area (Å²) in [6.45, 7) is 2.02. The molecule has 0 fully saturated rings. The van der Waals surface area contributed by atoms with Crippen molar-refractivity contribution >= 4 is 22.4 Å². The summed E-state index contributed by atoms with van der Waals surface area (Å²) in [5, 5.41) is 13.4. The molecule has 21 heavy (non-hydrogen) atoms. The maximum atomic E-state index is 12.0. The minimum absolute atomic E-state index is 0.246. The van der Waals surface area contributed by atoms with Crippen LogP contribution in [0.2, 0.25) is 0 Å². The number of anilines is 2. The van der Waals surface area contributed by atoms with Crippen molar-refractivity contribution in [3.05, 3.63) is 63.0 Å². The molecule has 2 heterocycles. The Kier molecular flexibility index (Phi) is 3.74. The monoisotopic (exact) mass is 299 g/mol. The second-order valence-electron chi connectivity index (χ2n) is 4.57. The van der Waals surface area contributed by atoms with Crippen molar-refractivity contribution in [2.45, 2.75) is 13.3 Å². The van der Waals surface area contributed by atoms with Crippen molar-refractivity contribution in [2.75, 3.05) is 5.32 Å². The number of rotatable bonds is 4. The molecular weight excluding hydrogens is 286 g/mol. The summed E-state index contributed by atoms with van der Waals surface area (Å²) in [4.78, 5) is 18.8. The zero-order valence-corrected chi connectivity index (χ0v) is 12.1. The summed E-state index contributed by atoms with van der Waals surface area (Å²) in [6, 6.07) is 7.99. The van der Waals surface area contributed by atoms with Crippen LogP contribution < -0.4 is 10.9 Å². The molecule has 3 rings (SSSR count). The van der Waals surface area contributed by atoms with Crippen LogP contribution in [-0.2, 0) is 6.42 Å². The fraction of sp³-hybridized carbons (Fsp3) is 0.143. The predicted octanol–water partition coefficient (Wildman–Crippen LogP) is 2.26. The second-order valence-corrected chi connectivity index (χ2v) is 5.47. The number of benzene rings is 1. The molecule has 0 bridgehead atoms. The van der Waals surface area contributed by atoms with Gasteiger partial charge >= 0.3 is 0 Å². The molecule has 3 aromatic rings. The first-order valence-electron chi connectivity index (χ1n) is 6.38. The van der Waals surface area contributed by atoms with Gasteiger partial charge in [-0.2, -0.15) is 0 Å². The minimum Gasteiger partial charge on any atom is -0.300 e. The predicted molar refractivity (Wildman–Crippen MR) is 82.0 cm³/mol. The Labute approximate surface area is 124 Å². The normalized spacial score (nSPS) is 10.5. The van der Waals surface area contributed by atoms with Crippen LogP contribution in [0.15, 0.2) is 40.6 Å². The van der Waals surface area contributed by atoms with Gasteiger partial charge in [0.1, 0.15) is 5.69 Å². The van der Waals surface area contributed by atoms with Gasteiger partial charge in [-0.15, -0.1) is 21.5 Å². The van der Waals surface area contributed by atoms with Crippen LogP contribution in [0.25, 0.3) is 0 Å². The van der Waals surface area contributed by atoms with Gasteiger partial charge in [-0.1, -0.05) is 29.8 Å². The molecule has 6 nitrogen and oxygen atoms in total. The quantitative estimate of drug-likeness (QED) is 0.772. The lowest BCUT2D eigenvalue weighted by Crippen LogP contribution is -2.18. The molecular formula is C14H13N5OS. The van der Waals surface area contributed by atoms with Gasteiger partial charge in [0.25, 0.3) is 5.56 Å². The fourth-order valence-electron chi connectivity index (χ4n) is 1.82. The summed E-state index contributed by atoms with van der Waals surface area (Å²) in [6.07, 6.45) is 2.13. The van der Waals surface area contributed by atoms with Crippen molar-refractivity contribution in [3.63, 3.8) is 0 Å². The van der Waals surface area contributed by atoms with Gasteiger partial charge in [0.2, 0.25) is 5.95 Å². The van der Waals surface area contributed by atoms with E-state index in [1.807, 2.05) is 36.6 Å². The number of nitrogens with one attached hydrogen (secondary N) is 2. The maximum absolute atomic E-state index is 12.0. The highest BCUT2D eigenvalue weighted by Crippen LogP contribution is 2.14. The molecule has 0 spiro atoms. The second kappa shape index (κ2) is 5.84. The number of nitrogens with zero attached hydrogens (tertiary/aromatic N) is 3. The highest BCUT2D eigenvalue weighted by atomic mass is 32.1. The molecule has 0 radical (unpaired) electrons. The van der Waals surface area contributed by atoms with Crippen molar-refractivity contribution in [1.29, 1.82) is 0 Å². The topological polar surface area (TPSA) is 83.6 Å². The first-order valence-corrected chi connectivity index (χ1v) is 7.26. The molecule has 0 aliphatic carbocycles. The zero-order valence-electron chi connectivity index (χ0n) is 11.3. The van der Waals surface area contributed by atoms with Gasteiger partial charge in [0.05, 0.1) is 0 Å². The molecule has 106 valence electrons. The highest BCUT2D eigenvalue weighted by molar-refractivity contribution is 7.13. The van der Waals surface area contributed by atoms with Gasteiger partial charge in [0.15, 0.2) is 5.13 Å². The molecule has 2 aromatic heterocycles. The molecule has 0 atom stereocenters. The SMILES string of the molecule is Cc1ccc(Cc2nnc(Nc3nccs3)[nH]c2=O)cc1. The van der Waals surface area contributed by atoms with Crippen LogP contribution in [-0.4, -0.2) is 20.2 Å². The molecule has 2 N–H and O–H groups in total. The van der Waals surface area contributed by atoms with Gasteiger partial charge < -0.3 is 5.32 Å². The van der Waals surface area contributed by atoms with Gasteiger partial charge in [-0.3, -0.25) is 9.78 Å². The van der Waals surface area contributed by atoms with Crippen molar-refractivity contribution in [1.82, 2.24) is 20.2 Å². The summed E-state index contributed by atoms with van der Waals surface area (Å²) in [7, 11) is 0. The van der Waals surface area contributed by atoms with Crippen molar-refractivity contribution in [3.8, 4) is 0 Å². The number of H-pyrrole nitrogens is 1. The number of hydrogen-bond donors (Lipinski definition) is 2. The Hall–Kier alpha value is -2.54. The van der Waals surface area contributed by atoms with Crippen LogP contribution in [0, 0.1) is 6.92 Å².